The van der Waals surface area contributed by atoms with E-state index >= 15 is 0 Å². The van der Waals surface area contributed by atoms with Crippen LogP contribution in [0.2, 0.25) is 0 Å². The number of rotatable bonds is 6. The summed E-state index contributed by atoms with van der Waals surface area (Å²) in [7, 11) is 0. The van der Waals surface area contributed by atoms with Gasteiger partial charge in [0.15, 0.2) is 0 Å². The minimum absolute atomic E-state index is 0.110. The number of carbonyl (C=O) groups excluding carboxylic acids is 1. The molecule has 1 amide bonds. The molecule has 0 unspecified atom stereocenters. The predicted molar refractivity (Wildman–Crippen MR) is 82.6 cm³/mol. The summed E-state index contributed by atoms with van der Waals surface area (Å²) in [6.07, 6.45) is 3.25. The third kappa shape index (κ3) is 4.62. The van der Waals surface area contributed by atoms with Gasteiger partial charge in [0.25, 0.3) is 0 Å². The van der Waals surface area contributed by atoms with Crippen LogP contribution in [0.3, 0.4) is 0 Å². The van der Waals surface area contributed by atoms with E-state index in [0.29, 0.717) is 0 Å². The van der Waals surface area contributed by atoms with E-state index in [1.807, 2.05) is 38.1 Å². The van der Waals surface area contributed by atoms with Gasteiger partial charge in [0.05, 0.1) is 11.4 Å². The first-order valence-electron chi connectivity index (χ1n) is 6.50. The maximum Gasteiger partial charge on any atom is 0.248 e. The molecule has 0 saturated heterocycles. The predicted octanol–water partition coefficient (Wildman–Crippen LogP) is 3.60. The van der Waals surface area contributed by atoms with Crippen molar-refractivity contribution in [2.45, 2.75) is 20.8 Å². The van der Waals surface area contributed by atoms with Crippen LogP contribution < -0.4 is 10.2 Å². The van der Waals surface area contributed by atoms with E-state index in [0.717, 1.165) is 30.0 Å². The highest BCUT2D eigenvalue weighted by Crippen LogP contribution is 2.26. The molecule has 3 heteroatoms. The third-order valence-electron chi connectivity index (χ3n) is 2.66. The second-order valence-electron chi connectivity index (χ2n) is 4.48. The number of anilines is 2. The first kappa shape index (κ1) is 15.0. The van der Waals surface area contributed by atoms with Gasteiger partial charge in [-0.3, -0.25) is 4.79 Å². The van der Waals surface area contributed by atoms with Crippen LogP contribution in [-0.4, -0.2) is 19.0 Å². The number of para-hydroxylation sites is 2. The van der Waals surface area contributed by atoms with E-state index in [9.17, 15) is 4.79 Å². The quantitative estimate of drug-likeness (QED) is 0.624. The van der Waals surface area contributed by atoms with Gasteiger partial charge in [-0.05, 0) is 39.0 Å². The molecule has 0 heterocycles. The number of nitrogens with one attached hydrogen (secondary N) is 1. The van der Waals surface area contributed by atoms with Crippen LogP contribution in [0.4, 0.5) is 11.4 Å². The number of allylic oxidation sites excluding steroid dienone is 1. The largest absolute Gasteiger partial charge is 0.366 e. The highest BCUT2D eigenvalue weighted by Gasteiger charge is 2.10. The molecule has 0 aliphatic rings. The normalized spacial score (nSPS) is 10.5. The van der Waals surface area contributed by atoms with Crippen molar-refractivity contribution in [1.29, 1.82) is 0 Å². The lowest BCUT2D eigenvalue weighted by atomic mass is 10.2. The number of amides is 1. The maximum atomic E-state index is 11.7. The minimum atomic E-state index is -0.110. The summed E-state index contributed by atoms with van der Waals surface area (Å²) >= 11 is 0. The van der Waals surface area contributed by atoms with Crippen molar-refractivity contribution < 1.29 is 4.79 Å². The van der Waals surface area contributed by atoms with Crippen molar-refractivity contribution in [3.8, 4) is 0 Å². The van der Waals surface area contributed by atoms with Crippen molar-refractivity contribution in [3.63, 3.8) is 0 Å². The van der Waals surface area contributed by atoms with Crippen molar-refractivity contribution in [3.05, 3.63) is 48.6 Å². The molecular formula is C16H22N2O. The van der Waals surface area contributed by atoms with Crippen LogP contribution in [0.1, 0.15) is 20.8 Å². The average Bonchev–Trinajstić information content (AvgIpc) is 2.37. The smallest absolute Gasteiger partial charge is 0.248 e. The highest BCUT2D eigenvalue weighted by atomic mass is 16.1. The number of benzene rings is 1. The summed E-state index contributed by atoms with van der Waals surface area (Å²) in [5.41, 5.74) is 2.94. The molecule has 102 valence electrons. The molecule has 0 saturated carbocycles. The number of carbonyl (C=O) groups is 1. The molecule has 0 aliphatic heterocycles. The Kier molecular flexibility index (Phi) is 5.86. The van der Waals surface area contributed by atoms with Crippen molar-refractivity contribution in [1.82, 2.24) is 0 Å². The Morgan fingerprint density at radius 2 is 2.11 bits per heavy atom. The van der Waals surface area contributed by atoms with Crippen LogP contribution in [0.25, 0.3) is 0 Å². The molecule has 1 aromatic carbocycles. The van der Waals surface area contributed by atoms with E-state index in [1.54, 1.807) is 6.08 Å². The minimum Gasteiger partial charge on any atom is -0.366 e. The monoisotopic (exact) mass is 258 g/mol. The topological polar surface area (TPSA) is 32.3 Å². The van der Waals surface area contributed by atoms with Crippen molar-refractivity contribution in [2.24, 2.45) is 0 Å². The Morgan fingerprint density at radius 1 is 1.42 bits per heavy atom. The fourth-order valence-corrected chi connectivity index (χ4v) is 1.87. The lowest BCUT2D eigenvalue weighted by Crippen LogP contribution is -2.26. The van der Waals surface area contributed by atoms with Gasteiger partial charge in [-0.2, -0.15) is 0 Å². The first-order chi connectivity index (χ1) is 9.08. The molecule has 3 nitrogen and oxygen atoms in total. The Balaban J connectivity index is 2.99. The Bertz CT molecular complexity index is 477. The lowest BCUT2D eigenvalue weighted by Gasteiger charge is -2.25. The van der Waals surface area contributed by atoms with Crippen molar-refractivity contribution >= 4 is 17.3 Å². The SMILES string of the molecule is C=C(C)CN(CC)c1ccccc1NC(=O)/C=C/C. The van der Waals surface area contributed by atoms with Gasteiger partial charge in [0, 0.05) is 13.1 Å². The van der Waals surface area contributed by atoms with E-state index in [1.165, 1.54) is 6.08 Å². The van der Waals surface area contributed by atoms with E-state index in [4.69, 9.17) is 0 Å². The molecule has 1 N–H and O–H groups in total. The average molecular weight is 258 g/mol. The Hall–Kier alpha value is -2.03. The zero-order valence-corrected chi connectivity index (χ0v) is 11.9. The molecular weight excluding hydrogens is 236 g/mol. The first-order valence-corrected chi connectivity index (χ1v) is 6.50. The number of hydrogen-bond acceptors (Lipinski definition) is 2. The molecule has 0 bridgehead atoms. The van der Waals surface area contributed by atoms with Gasteiger partial charge in [0.2, 0.25) is 5.91 Å². The molecule has 0 radical (unpaired) electrons. The maximum absolute atomic E-state index is 11.7. The highest BCUT2D eigenvalue weighted by molar-refractivity contribution is 6.01. The van der Waals surface area contributed by atoms with Crippen LogP contribution in [0, 0.1) is 0 Å². The van der Waals surface area contributed by atoms with Crippen LogP contribution in [-0.2, 0) is 4.79 Å². The van der Waals surface area contributed by atoms with Gasteiger partial charge < -0.3 is 10.2 Å². The summed E-state index contributed by atoms with van der Waals surface area (Å²) in [6, 6.07) is 7.82. The number of nitrogens with zero attached hydrogens (tertiary/aromatic N) is 1. The van der Waals surface area contributed by atoms with Crippen molar-refractivity contribution in [2.75, 3.05) is 23.3 Å². The summed E-state index contributed by atoms with van der Waals surface area (Å²) in [5.74, 6) is -0.110. The summed E-state index contributed by atoms with van der Waals surface area (Å²) < 4.78 is 0. The molecule has 1 aromatic rings. The fourth-order valence-electron chi connectivity index (χ4n) is 1.87. The molecule has 0 fully saturated rings. The zero-order chi connectivity index (χ0) is 14.3. The zero-order valence-electron chi connectivity index (χ0n) is 11.9. The standard InChI is InChI=1S/C16H22N2O/c1-5-9-16(19)17-14-10-7-8-11-15(14)18(6-2)12-13(3)4/h5,7-11H,3,6,12H2,1-2,4H3,(H,17,19)/b9-5+. The van der Waals surface area contributed by atoms with Crippen LogP contribution in [0.5, 0.6) is 0 Å². The summed E-state index contributed by atoms with van der Waals surface area (Å²) in [6.45, 7) is 11.5. The molecule has 0 aromatic heterocycles. The van der Waals surface area contributed by atoms with Gasteiger partial charge in [-0.15, -0.1) is 0 Å². The molecule has 0 aliphatic carbocycles. The third-order valence-corrected chi connectivity index (χ3v) is 2.66. The van der Waals surface area contributed by atoms with Gasteiger partial charge in [-0.1, -0.05) is 30.4 Å². The molecule has 19 heavy (non-hydrogen) atoms. The summed E-state index contributed by atoms with van der Waals surface area (Å²) in [5, 5.41) is 2.90. The second-order valence-corrected chi connectivity index (χ2v) is 4.48. The second kappa shape index (κ2) is 7.41. The lowest BCUT2D eigenvalue weighted by molar-refractivity contribution is -0.111. The number of likely N-dealkylation sites (N-methyl/N-ethyl adjacent to an activating group) is 1. The molecule has 0 spiro atoms. The fraction of sp³-hybridized carbons (Fsp3) is 0.312. The van der Waals surface area contributed by atoms with Gasteiger partial charge in [0.1, 0.15) is 0 Å². The van der Waals surface area contributed by atoms with E-state index < -0.39 is 0 Å². The molecule has 1 rings (SSSR count). The van der Waals surface area contributed by atoms with Gasteiger partial charge in [-0.25, -0.2) is 0 Å². The van der Waals surface area contributed by atoms with Crippen LogP contribution >= 0.6 is 0 Å². The number of hydrogen-bond donors (Lipinski definition) is 1. The molecule has 0 atom stereocenters. The Labute approximate surface area is 115 Å². The van der Waals surface area contributed by atoms with Gasteiger partial charge >= 0.3 is 0 Å². The van der Waals surface area contributed by atoms with E-state index in [-0.39, 0.29) is 5.91 Å². The Morgan fingerprint density at radius 3 is 2.68 bits per heavy atom. The van der Waals surface area contributed by atoms with Crippen LogP contribution in [0.15, 0.2) is 48.6 Å². The van der Waals surface area contributed by atoms with E-state index in [2.05, 4.69) is 23.7 Å². The summed E-state index contributed by atoms with van der Waals surface area (Å²) in [4.78, 5) is 13.9.